The summed E-state index contributed by atoms with van der Waals surface area (Å²) in [7, 11) is -2.47. The van der Waals surface area contributed by atoms with Crippen molar-refractivity contribution in [2.24, 2.45) is 0 Å². The SMILES string of the molecule is CC1CN(S(=O)(=O)c2ccc(C(=O)N(C)CC(=O)Nc3ccc(F)c(F)c3F)cc2)CC(C)O1. The van der Waals surface area contributed by atoms with Gasteiger partial charge in [-0.2, -0.15) is 4.31 Å². The van der Waals surface area contributed by atoms with Crippen LogP contribution in [0.3, 0.4) is 0 Å². The van der Waals surface area contributed by atoms with Gasteiger partial charge >= 0.3 is 0 Å². The Morgan fingerprint density at radius 2 is 1.62 bits per heavy atom. The fourth-order valence-corrected chi connectivity index (χ4v) is 5.16. The normalized spacial score (nSPS) is 19.0. The predicted molar refractivity (Wildman–Crippen MR) is 117 cm³/mol. The van der Waals surface area contributed by atoms with E-state index in [0.29, 0.717) is 6.07 Å². The van der Waals surface area contributed by atoms with Crippen molar-refractivity contribution in [1.29, 1.82) is 0 Å². The van der Waals surface area contributed by atoms with E-state index in [-0.39, 0.29) is 35.8 Å². The molecule has 1 fully saturated rings. The van der Waals surface area contributed by atoms with Gasteiger partial charge in [-0.15, -0.1) is 0 Å². The Bertz CT molecular complexity index is 1180. The van der Waals surface area contributed by atoms with E-state index in [9.17, 15) is 31.2 Å². The number of benzene rings is 2. The second kappa shape index (κ2) is 10.1. The summed E-state index contributed by atoms with van der Waals surface area (Å²) < 4.78 is 72.8. The Kier molecular flexibility index (Phi) is 7.64. The van der Waals surface area contributed by atoms with Crippen molar-refractivity contribution in [3.8, 4) is 0 Å². The van der Waals surface area contributed by atoms with Crippen LogP contribution in [0.4, 0.5) is 18.9 Å². The summed E-state index contributed by atoms with van der Waals surface area (Å²) in [6, 6.07) is 6.78. The summed E-state index contributed by atoms with van der Waals surface area (Å²) in [6.45, 7) is 3.48. The number of nitrogens with zero attached hydrogens (tertiary/aromatic N) is 2. The summed E-state index contributed by atoms with van der Waals surface area (Å²) in [4.78, 5) is 25.8. The molecule has 0 aromatic heterocycles. The largest absolute Gasteiger partial charge is 0.373 e. The van der Waals surface area contributed by atoms with E-state index in [1.165, 1.54) is 35.6 Å². The maximum atomic E-state index is 13.7. The Hall–Kier alpha value is -2.96. The molecular weight excluding hydrogens is 475 g/mol. The summed E-state index contributed by atoms with van der Waals surface area (Å²) in [6.07, 6.45) is -0.502. The van der Waals surface area contributed by atoms with Crippen LogP contribution in [0.2, 0.25) is 0 Å². The van der Waals surface area contributed by atoms with Crippen LogP contribution in [0.5, 0.6) is 0 Å². The van der Waals surface area contributed by atoms with Crippen molar-refractivity contribution in [2.75, 3.05) is 32.0 Å². The van der Waals surface area contributed by atoms with Gasteiger partial charge in [0, 0.05) is 25.7 Å². The first kappa shape index (κ1) is 25.7. The Morgan fingerprint density at radius 1 is 1.03 bits per heavy atom. The van der Waals surface area contributed by atoms with E-state index in [4.69, 9.17) is 4.74 Å². The van der Waals surface area contributed by atoms with Crippen LogP contribution >= 0.6 is 0 Å². The maximum Gasteiger partial charge on any atom is 0.254 e. The molecule has 8 nitrogen and oxygen atoms in total. The van der Waals surface area contributed by atoms with Crippen LogP contribution in [0.1, 0.15) is 24.2 Å². The number of likely N-dealkylation sites (N-methyl/N-ethyl adjacent to an activating group) is 1. The molecule has 2 atom stereocenters. The fraction of sp³-hybridized carbons (Fsp3) is 0.364. The molecule has 0 aliphatic carbocycles. The molecule has 0 saturated carbocycles. The van der Waals surface area contributed by atoms with Crippen LogP contribution in [0.25, 0.3) is 0 Å². The predicted octanol–water partition coefficient (Wildman–Crippen LogP) is 2.61. The molecule has 184 valence electrons. The number of halogens is 3. The third-order valence-corrected chi connectivity index (χ3v) is 7.01. The number of nitrogens with one attached hydrogen (secondary N) is 1. The first-order chi connectivity index (χ1) is 15.9. The van der Waals surface area contributed by atoms with Crippen LogP contribution in [-0.2, 0) is 19.6 Å². The number of carbonyl (C=O) groups excluding carboxylic acids is 2. The summed E-state index contributed by atoms with van der Waals surface area (Å²) in [5.74, 6) is -6.11. The molecule has 1 heterocycles. The van der Waals surface area contributed by atoms with Gasteiger partial charge in [0.25, 0.3) is 5.91 Å². The van der Waals surface area contributed by atoms with Crippen molar-refractivity contribution in [2.45, 2.75) is 31.0 Å². The molecule has 3 rings (SSSR count). The lowest BCUT2D eigenvalue weighted by Crippen LogP contribution is -2.48. The monoisotopic (exact) mass is 499 g/mol. The number of carbonyl (C=O) groups is 2. The fourth-order valence-electron chi connectivity index (χ4n) is 3.57. The average molecular weight is 500 g/mol. The van der Waals surface area contributed by atoms with Gasteiger partial charge in [0.05, 0.1) is 29.3 Å². The van der Waals surface area contributed by atoms with Gasteiger partial charge in [-0.25, -0.2) is 21.6 Å². The Balaban J connectivity index is 1.66. The molecule has 1 aliphatic heterocycles. The van der Waals surface area contributed by atoms with E-state index < -0.39 is 51.5 Å². The van der Waals surface area contributed by atoms with Gasteiger partial charge in [-0.1, -0.05) is 0 Å². The molecule has 0 radical (unpaired) electrons. The van der Waals surface area contributed by atoms with Gasteiger partial charge in [-0.3, -0.25) is 9.59 Å². The molecular formula is C22H24F3N3O5S. The molecule has 2 amide bonds. The van der Waals surface area contributed by atoms with E-state index in [2.05, 4.69) is 5.32 Å². The quantitative estimate of drug-likeness (QED) is 0.617. The van der Waals surface area contributed by atoms with Crippen molar-refractivity contribution in [3.63, 3.8) is 0 Å². The first-order valence-electron chi connectivity index (χ1n) is 10.3. The van der Waals surface area contributed by atoms with Gasteiger partial charge in [0.2, 0.25) is 15.9 Å². The summed E-state index contributed by atoms with van der Waals surface area (Å²) >= 11 is 0. The van der Waals surface area contributed by atoms with E-state index in [1.54, 1.807) is 13.8 Å². The number of hydrogen-bond acceptors (Lipinski definition) is 5. The lowest BCUT2D eigenvalue weighted by atomic mass is 10.2. The number of sulfonamides is 1. The second-order valence-electron chi connectivity index (χ2n) is 8.04. The minimum atomic E-state index is -3.78. The minimum absolute atomic E-state index is 0.0135. The van der Waals surface area contributed by atoms with Gasteiger partial charge in [0.1, 0.15) is 0 Å². The van der Waals surface area contributed by atoms with Crippen molar-refractivity contribution < 1.29 is 35.9 Å². The van der Waals surface area contributed by atoms with E-state index in [0.717, 1.165) is 11.0 Å². The summed E-state index contributed by atoms with van der Waals surface area (Å²) in [5.41, 5.74) is -0.442. The second-order valence-corrected chi connectivity index (χ2v) is 9.97. The zero-order valence-corrected chi connectivity index (χ0v) is 19.5. The molecule has 1 aliphatic rings. The molecule has 1 N–H and O–H groups in total. The number of rotatable bonds is 6. The molecule has 2 aromatic rings. The van der Waals surface area contributed by atoms with Gasteiger partial charge in [0.15, 0.2) is 17.5 Å². The third kappa shape index (κ3) is 5.57. The molecule has 2 aromatic carbocycles. The van der Waals surface area contributed by atoms with Crippen LogP contribution in [-0.4, -0.2) is 68.3 Å². The van der Waals surface area contributed by atoms with Crippen LogP contribution in [0, 0.1) is 17.5 Å². The number of ether oxygens (including phenoxy) is 1. The highest BCUT2D eigenvalue weighted by molar-refractivity contribution is 7.89. The standard InChI is InChI=1S/C22H24F3N3O5S/c1-13-10-28(11-14(2)33-13)34(31,32)16-6-4-15(5-7-16)22(30)27(3)12-19(29)26-18-9-8-17(23)20(24)21(18)25/h4-9,13-14H,10-12H2,1-3H3,(H,26,29). The van der Waals surface area contributed by atoms with Gasteiger partial charge < -0.3 is 15.0 Å². The third-order valence-electron chi connectivity index (χ3n) is 5.16. The van der Waals surface area contributed by atoms with E-state index in [1.807, 2.05) is 0 Å². The molecule has 2 unspecified atom stereocenters. The highest BCUT2D eigenvalue weighted by Gasteiger charge is 2.32. The lowest BCUT2D eigenvalue weighted by molar-refractivity contribution is -0.116. The Morgan fingerprint density at radius 3 is 2.21 bits per heavy atom. The first-order valence-corrected chi connectivity index (χ1v) is 11.8. The van der Waals surface area contributed by atoms with Gasteiger partial charge in [-0.05, 0) is 50.2 Å². The maximum absolute atomic E-state index is 13.7. The molecule has 34 heavy (non-hydrogen) atoms. The van der Waals surface area contributed by atoms with Crippen molar-refractivity contribution >= 4 is 27.5 Å². The molecule has 0 bridgehead atoms. The zero-order chi connectivity index (χ0) is 25.2. The average Bonchev–Trinajstić information content (AvgIpc) is 2.78. The van der Waals surface area contributed by atoms with Crippen LogP contribution in [0.15, 0.2) is 41.3 Å². The zero-order valence-electron chi connectivity index (χ0n) is 18.7. The van der Waals surface area contributed by atoms with Crippen molar-refractivity contribution in [3.05, 3.63) is 59.4 Å². The smallest absolute Gasteiger partial charge is 0.254 e. The highest BCUT2D eigenvalue weighted by Crippen LogP contribution is 2.22. The lowest BCUT2D eigenvalue weighted by Gasteiger charge is -2.34. The molecule has 12 heteroatoms. The minimum Gasteiger partial charge on any atom is -0.373 e. The topological polar surface area (TPSA) is 96.0 Å². The van der Waals surface area contributed by atoms with Crippen LogP contribution < -0.4 is 5.32 Å². The number of anilines is 1. The number of amides is 2. The van der Waals surface area contributed by atoms with E-state index >= 15 is 0 Å². The highest BCUT2D eigenvalue weighted by atomic mass is 32.2. The molecule has 1 saturated heterocycles. The number of hydrogen-bond donors (Lipinski definition) is 1. The number of morpholine rings is 1. The Labute approximate surface area is 195 Å². The summed E-state index contributed by atoms with van der Waals surface area (Å²) in [5, 5.41) is 2.08. The molecule has 0 spiro atoms. The van der Waals surface area contributed by atoms with Crippen molar-refractivity contribution in [1.82, 2.24) is 9.21 Å².